The fourth-order valence-electron chi connectivity index (χ4n) is 4.24. The molecular weight excluding hydrogens is 411 g/mol. The number of anilines is 1. The van der Waals surface area contributed by atoms with E-state index in [4.69, 9.17) is 16.7 Å². The number of piperazine rings is 1. The van der Waals surface area contributed by atoms with Crippen molar-refractivity contribution >= 4 is 17.3 Å². The van der Waals surface area contributed by atoms with Gasteiger partial charge in [-0.3, -0.25) is 4.90 Å². The van der Waals surface area contributed by atoms with Crippen LogP contribution in [0.4, 0.5) is 10.1 Å². The summed E-state index contributed by atoms with van der Waals surface area (Å²) in [6, 6.07) is 17.2. The van der Waals surface area contributed by atoms with E-state index < -0.39 is 0 Å². The van der Waals surface area contributed by atoms with Crippen LogP contribution < -0.4 is 4.90 Å². The normalized spacial score (nSPS) is 14.9. The van der Waals surface area contributed by atoms with Crippen LogP contribution in [-0.2, 0) is 12.8 Å². The molecule has 2 aromatic carbocycles. The number of aromatic nitrogens is 2. The maximum atomic E-state index is 14.0. The van der Waals surface area contributed by atoms with Gasteiger partial charge in [-0.2, -0.15) is 5.10 Å². The average Bonchev–Trinajstić information content (AvgIpc) is 3.18. The van der Waals surface area contributed by atoms with Crippen molar-refractivity contribution < 1.29 is 4.39 Å². The second-order valence-electron chi connectivity index (χ2n) is 8.15. The first-order valence-corrected chi connectivity index (χ1v) is 11.6. The molecule has 1 aliphatic heterocycles. The zero-order chi connectivity index (χ0) is 21.6. The molecule has 6 heteroatoms. The molecule has 1 aliphatic rings. The molecule has 3 aromatic rings. The van der Waals surface area contributed by atoms with E-state index in [1.165, 1.54) is 5.69 Å². The first-order valence-electron chi connectivity index (χ1n) is 11.2. The zero-order valence-electron chi connectivity index (χ0n) is 18.1. The van der Waals surface area contributed by atoms with Gasteiger partial charge < -0.3 is 4.90 Å². The average molecular weight is 441 g/mol. The van der Waals surface area contributed by atoms with Crippen LogP contribution in [0.25, 0.3) is 5.69 Å². The van der Waals surface area contributed by atoms with Gasteiger partial charge in [0, 0.05) is 36.9 Å². The molecule has 0 spiro atoms. The van der Waals surface area contributed by atoms with Crippen LogP contribution in [0.5, 0.6) is 0 Å². The van der Waals surface area contributed by atoms with E-state index in [1.54, 1.807) is 12.1 Å². The van der Waals surface area contributed by atoms with Crippen molar-refractivity contribution in [1.29, 1.82) is 0 Å². The van der Waals surface area contributed by atoms with Crippen LogP contribution >= 0.6 is 11.6 Å². The molecule has 1 aromatic heterocycles. The Morgan fingerprint density at radius 2 is 1.71 bits per heavy atom. The van der Waals surface area contributed by atoms with Crippen LogP contribution in [0.15, 0.2) is 54.6 Å². The van der Waals surface area contributed by atoms with E-state index in [-0.39, 0.29) is 5.82 Å². The quantitative estimate of drug-likeness (QED) is 0.470. The molecule has 4 nitrogen and oxygen atoms in total. The molecule has 0 aliphatic carbocycles. The molecule has 4 rings (SSSR count). The maximum absolute atomic E-state index is 14.0. The molecule has 31 heavy (non-hydrogen) atoms. The largest absolute Gasteiger partial charge is 0.367 e. The number of aryl methyl sites for hydroxylation is 2. The molecule has 0 atom stereocenters. The Morgan fingerprint density at radius 1 is 0.968 bits per heavy atom. The fourth-order valence-corrected chi connectivity index (χ4v) is 4.37. The summed E-state index contributed by atoms with van der Waals surface area (Å²) >= 11 is 6.06. The summed E-state index contributed by atoms with van der Waals surface area (Å²) in [7, 11) is 0. The SMILES string of the molecule is CCCc1cc(CCCN2CCN(c3ccccc3F)CC2)n(-c2ccc(Cl)cc2)n1. The Balaban J connectivity index is 1.33. The third kappa shape index (κ3) is 5.46. The number of benzene rings is 2. The molecule has 0 N–H and O–H groups in total. The Morgan fingerprint density at radius 3 is 2.42 bits per heavy atom. The molecule has 0 unspecified atom stereocenters. The lowest BCUT2D eigenvalue weighted by Crippen LogP contribution is -2.47. The van der Waals surface area contributed by atoms with Crippen molar-refractivity contribution in [2.24, 2.45) is 0 Å². The van der Waals surface area contributed by atoms with Gasteiger partial charge in [0.1, 0.15) is 5.82 Å². The molecule has 2 heterocycles. The van der Waals surface area contributed by atoms with Gasteiger partial charge in [0.2, 0.25) is 0 Å². The minimum Gasteiger partial charge on any atom is -0.367 e. The molecule has 0 saturated carbocycles. The van der Waals surface area contributed by atoms with Crippen LogP contribution in [0.2, 0.25) is 5.02 Å². The zero-order valence-corrected chi connectivity index (χ0v) is 18.9. The van der Waals surface area contributed by atoms with Crippen LogP contribution in [-0.4, -0.2) is 47.4 Å². The highest BCUT2D eigenvalue weighted by Gasteiger charge is 2.19. The summed E-state index contributed by atoms with van der Waals surface area (Å²) in [5.41, 5.74) is 4.17. The predicted octanol–water partition coefficient (Wildman–Crippen LogP) is 5.37. The molecule has 0 radical (unpaired) electrons. The lowest BCUT2D eigenvalue weighted by atomic mass is 10.1. The Bertz CT molecular complexity index is 977. The standard InChI is InChI=1S/C25H30ClFN4/c1-2-6-21-19-23(31(28-21)22-12-10-20(26)11-13-22)7-5-14-29-15-17-30(18-16-29)25-9-4-3-8-24(25)27/h3-4,8-13,19H,2,5-7,14-18H2,1H3. The molecule has 1 fully saturated rings. The summed E-state index contributed by atoms with van der Waals surface area (Å²) in [6.45, 7) is 6.88. The monoisotopic (exact) mass is 440 g/mol. The van der Waals surface area contributed by atoms with Gasteiger partial charge in [0.05, 0.1) is 17.1 Å². The van der Waals surface area contributed by atoms with E-state index >= 15 is 0 Å². The molecule has 1 saturated heterocycles. The van der Waals surface area contributed by atoms with Crippen molar-refractivity contribution in [2.45, 2.75) is 32.6 Å². The molecule has 0 bridgehead atoms. The third-order valence-electron chi connectivity index (χ3n) is 5.88. The smallest absolute Gasteiger partial charge is 0.146 e. The molecular formula is C25H30ClFN4. The molecule has 164 valence electrons. The summed E-state index contributed by atoms with van der Waals surface area (Å²) in [5, 5.41) is 5.57. The van der Waals surface area contributed by atoms with Gasteiger partial charge in [0.25, 0.3) is 0 Å². The van der Waals surface area contributed by atoms with E-state index in [0.29, 0.717) is 0 Å². The summed E-state index contributed by atoms with van der Waals surface area (Å²) in [6.07, 6.45) is 4.13. The van der Waals surface area contributed by atoms with Crippen molar-refractivity contribution in [1.82, 2.24) is 14.7 Å². The van der Waals surface area contributed by atoms with E-state index in [0.717, 1.165) is 80.5 Å². The van der Waals surface area contributed by atoms with E-state index in [9.17, 15) is 4.39 Å². The number of nitrogens with zero attached hydrogens (tertiary/aromatic N) is 4. The van der Waals surface area contributed by atoms with Gasteiger partial charge >= 0.3 is 0 Å². The number of rotatable bonds is 8. The number of halogens is 2. The number of para-hydroxylation sites is 1. The lowest BCUT2D eigenvalue weighted by Gasteiger charge is -2.36. The Labute approximate surface area is 189 Å². The van der Waals surface area contributed by atoms with Crippen molar-refractivity contribution in [3.05, 3.63) is 76.8 Å². The highest BCUT2D eigenvalue weighted by molar-refractivity contribution is 6.30. The summed E-state index contributed by atoms with van der Waals surface area (Å²) < 4.78 is 16.1. The van der Waals surface area contributed by atoms with Gasteiger partial charge in [0.15, 0.2) is 0 Å². The van der Waals surface area contributed by atoms with E-state index in [2.05, 4.69) is 27.5 Å². The highest BCUT2D eigenvalue weighted by Crippen LogP contribution is 2.21. The number of hydrogen-bond acceptors (Lipinski definition) is 3. The van der Waals surface area contributed by atoms with Gasteiger partial charge in [-0.15, -0.1) is 0 Å². The Hall–Kier alpha value is -2.37. The first-order chi connectivity index (χ1) is 15.1. The minimum absolute atomic E-state index is 0.130. The second kappa shape index (κ2) is 10.3. The van der Waals surface area contributed by atoms with Gasteiger partial charge in [-0.1, -0.05) is 37.1 Å². The fraction of sp³-hybridized carbons (Fsp3) is 0.400. The van der Waals surface area contributed by atoms with Crippen LogP contribution in [0, 0.1) is 5.82 Å². The topological polar surface area (TPSA) is 24.3 Å². The van der Waals surface area contributed by atoms with Crippen LogP contribution in [0.3, 0.4) is 0 Å². The summed E-state index contributed by atoms with van der Waals surface area (Å²) in [5.74, 6) is -0.130. The lowest BCUT2D eigenvalue weighted by molar-refractivity contribution is 0.254. The summed E-state index contributed by atoms with van der Waals surface area (Å²) in [4.78, 5) is 4.63. The highest BCUT2D eigenvalue weighted by atomic mass is 35.5. The first kappa shape index (κ1) is 21.8. The number of hydrogen-bond donors (Lipinski definition) is 0. The van der Waals surface area contributed by atoms with E-state index in [1.807, 2.05) is 36.4 Å². The van der Waals surface area contributed by atoms with Crippen molar-refractivity contribution in [2.75, 3.05) is 37.6 Å². The van der Waals surface area contributed by atoms with Crippen molar-refractivity contribution in [3.8, 4) is 5.69 Å². The van der Waals surface area contributed by atoms with Gasteiger partial charge in [-0.05, 0) is 68.3 Å². The maximum Gasteiger partial charge on any atom is 0.146 e. The van der Waals surface area contributed by atoms with Crippen LogP contribution in [0.1, 0.15) is 31.2 Å². The van der Waals surface area contributed by atoms with Gasteiger partial charge in [-0.25, -0.2) is 9.07 Å². The van der Waals surface area contributed by atoms with Crippen molar-refractivity contribution in [3.63, 3.8) is 0 Å². The minimum atomic E-state index is -0.130. The molecule has 0 amide bonds. The third-order valence-corrected chi connectivity index (χ3v) is 6.14. The Kier molecular flexibility index (Phi) is 7.25. The predicted molar refractivity (Wildman–Crippen MR) is 126 cm³/mol. The second-order valence-corrected chi connectivity index (χ2v) is 8.59.